The van der Waals surface area contributed by atoms with Crippen molar-refractivity contribution < 1.29 is 4.79 Å². The van der Waals surface area contributed by atoms with Crippen molar-refractivity contribution in [1.82, 2.24) is 0 Å². The molecule has 4 saturated carbocycles. The van der Waals surface area contributed by atoms with E-state index in [4.69, 9.17) is 0 Å². The molecule has 0 heterocycles. The van der Waals surface area contributed by atoms with Crippen LogP contribution < -0.4 is 0 Å². The molecule has 0 N–H and O–H groups in total. The van der Waals surface area contributed by atoms with E-state index in [2.05, 4.69) is 61.5 Å². The Labute approximate surface area is 192 Å². The largest absolute Gasteiger partial charge is 0.299 e. The van der Waals surface area contributed by atoms with E-state index < -0.39 is 0 Å². The highest BCUT2D eigenvalue weighted by atomic mass is 16.1. The Kier molecular flexibility index (Phi) is 4.66. The van der Waals surface area contributed by atoms with Gasteiger partial charge in [0.05, 0.1) is 0 Å². The number of Topliss-reactive ketones (excluding diaryl/α,β-unsaturated/α-hetero) is 1. The number of rotatable bonds is 0. The van der Waals surface area contributed by atoms with Gasteiger partial charge in [0.2, 0.25) is 0 Å². The molecule has 0 saturated heterocycles. The van der Waals surface area contributed by atoms with E-state index in [1.807, 2.05) is 5.57 Å². The molecule has 9 atom stereocenters. The van der Waals surface area contributed by atoms with Crippen LogP contribution in [0, 0.1) is 56.7 Å². The van der Waals surface area contributed by atoms with Crippen LogP contribution in [0.15, 0.2) is 11.6 Å². The lowest BCUT2D eigenvalue weighted by molar-refractivity contribution is -0.181. The highest BCUT2D eigenvalue weighted by Crippen LogP contribution is 2.75. The minimum absolute atomic E-state index is 0.158. The highest BCUT2D eigenvalue weighted by Gasteiger charge is 2.67. The molecule has 5 aliphatic rings. The van der Waals surface area contributed by atoms with E-state index in [0.717, 1.165) is 37.0 Å². The number of carbonyl (C=O) groups excluding carboxylic acids is 1. The van der Waals surface area contributed by atoms with Gasteiger partial charge in [0, 0.05) is 11.8 Å². The van der Waals surface area contributed by atoms with E-state index in [0.29, 0.717) is 39.3 Å². The number of hydrogen-bond donors (Lipinski definition) is 0. The molecule has 0 amide bonds. The molecule has 31 heavy (non-hydrogen) atoms. The van der Waals surface area contributed by atoms with Gasteiger partial charge in [-0.25, -0.2) is 0 Å². The summed E-state index contributed by atoms with van der Waals surface area (Å²) in [5.74, 6) is 4.26. The Morgan fingerprint density at radius 3 is 2.29 bits per heavy atom. The zero-order valence-corrected chi connectivity index (χ0v) is 21.7. The first-order chi connectivity index (χ1) is 14.3. The normalized spacial score (nSPS) is 55.9. The molecular weight excluding hydrogens is 376 g/mol. The summed E-state index contributed by atoms with van der Waals surface area (Å²) in [6.07, 6.45) is 14.1. The third-order valence-corrected chi connectivity index (χ3v) is 13.1. The van der Waals surface area contributed by atoms with Crippen LogP contribution in [-0.2, 0) is 4.79 Å². The van der Waals surface area contributed by atoms with Crippen molar-refractivity contribution in [2.45, 2.75) is 113 Å². The molecule has 0 unspecified atom stereocenters. The maximum Gasteiger partial charge on any atom is 0.138 e. The monoisotopic (exact) mass is 424 g/mol. The summed E-state index contributed by atoms with van der Waals surface area (Å²) in [5, 5.41) is 0. The van der Waals surface area contributed by atoms with Crippen LogP contribution in [-0.4, -0.2) is 5.78 Å². The molecule has 174 valence electrons. The zero-order chi connectivity index (χ0) is 22.6. The zero-order valence-electron chi connectivity index (χ0n) is 21.7. The molecular formula is C30H48O. The predicted molar refractivity (Wildman–Crippen MR) is 130 cm³/mol. The summed E-state index contributed by atoms with van der Waals surface area (Å²) in [6.45, 7) is 20.2. The lowest BCUT2D eigenvalue weighted by Gasteiger charge is -2.71. The van der Waals surface area contributed by atoms with Crippen LogP contribution in [0.3, 0.4) is 0 Å². The van der Waals surface area contributed by atoms with Gasteiger partial charge in [-0.1, -0.05) is 67.0 Å². The van der Waals surface area contributed by atoms with Crippen LogP contribution in [0.2, 0.25) is 0 Å². The molecule has 0 aromatic carbocycles. The molecule has 0 radical (unpaired) electrons. The topological polar surface area (TPSA) is 17.1 Å². The van der Waals surface area contributed by atoms with E-state index in [1.54, 1.807) is 0 Å². The Morgan fingerprint density at radius 2 is 1.58 bits per heavy atom. The van der Waals surface area contributed by atoms with Gasteiger partial charge in [-0.2, -0.15) is 0 Å². The second-order valence-electron chi connectivity index (χ2n) is 14.4. The van der Waals surface area contributed by atoms with Crippen molar-refractivity contribution in [1.29, 1.82) is 0 Å². The molecule has 0 bridgehead atoms. The second-order valence-corrected chi connectivity index (χ2v) is 14.4. The fourth-order valence-corrected chi connectivity index (χ4v) is 10.8. The molecule has 0 aromatic heterocycles. The van der Waals surface area contributed by atoms with Crippen molar-refractivity contribution >= 4 is 5.78 Å². The van der Waals surface area contributed by atoms with Crippen molar-refractivity contribution in [3.63, 3.8) is 0 Å². The summed E-state index contributed by atoms with van der Waals surface area (Å²) >= 11 is 0. The molecule has 4 fully saturated rings. The van der Waals surface area contributed by atoms with E-state index in [-0.39, 0.29) is 5.41 Å². The van der Waals surface area contributed by atoms with Gasteiger partial charge in [0.1, 0.15) is 5.78 Å². The SMILES string of the molecule is C[C@H]1[C@H](C)CC[C@]2(C)CC[C@]3(C)C4=CC[C@@H]5C(C)(C)C(=O)CC[C@]5(C)[C@H]4CC[C@@]3(C)[C@@H]12. The molecule has 5 rings (SSSR count). The summed E-state index contributed by atoms with van der Waals surface area (Å²) in [4.78, 5) is 12.9. The first kappa shape index (κ1) is 22.2. The first-order valence-corrected chi connectivity index (χ1v) is 13.6. The van der Waals surface area contributed by atoms with Crippen LogP contribution in [0.1, 0.15) is 113 Å². The van der Waals surface area contributed by atoms with E-state index in [9.17, 15) is 4.79 Å². The summed E-state index contributed by atoms with van der Waals surface area (Å²) in [6, 6.07) is 0. The molecule has 1 nitrogen and oxygen atoms in total. The third kappa shape index (κ3) is 2.59. The molecule has 0 aliphatic heterocycles. The van der Waals surface area contributed by atoms with Crippen LogP contribution in [0.4, 0.5) is 0 Å². The second kappa shape index (κ2) is 6.50. The summed E-state index contributed by atoms with van der Waals surface area (Å²) in [7, 11) is 0. The third-order valence-electron chi connectivity index (χ3n) is 13.1. The maximum absolute atomic E-state index is 12.9. The Morgan fingerprint density at radius 1 is 0.871 bits per heavy atom. The minimum Gasteiger partial charge on any atom is -0.299 e. The van der Waals surface area contributed by atoms with Gasteiger partial charge in [-0.05, 0) is 103 Å². The van der Waals surface area contributed by atoms with Gasteiger partial charge in [0.15, 0.2) is 0 Å². The first-order valence-electron chi connectivity index (χ1n) is 13.6. The van der Waals surface area contributed by atoms with Crippen LogP contribution in [0.5, 0.6) is 0 Å². The van der Waals surface area contributed by atoms with E-state index >= 15 is 0 Å². The Bertz CT molecular complexity index is 820. The number of allylic oxidation sites excluding steroid dienone is 2. The van der Waals surface area contributed by atoms with Crippen LogP contribution in [0.25, 0.3) is 0 Å². The van der Waals surface area contributed by atoms with Gasteiger partial charge < -0.3 is 0 Å². The minimum atomic E-state index is -0.158. The summed E-state index contributed by atoms with van der Waals surface area (Å²) < 4.78 is 0. The van der Waals surface area contributed by atoms with Gasteiger partial charge in [-0.15, -0.1) is 0 Å². The van der Waals surface area contributed by atoms with Crippen molar-refractivity contribution in [2.75, 3.05) is 0 Å². The molecule has 0 aromatic rings. The van der Waals surface area contributed by atoms with Crippen molar-refractivity contribution in [3.05, 3.63) is 11.6 Å². The lowest BCUT2D eigenvalue weighted by atomic mass is 9.33. The lowest BCUT2D eigenvalue weighted by Crippen LogP contribution is -2.63. The van der Waals surface area contributed by atoms with Gasteiger partial charge in [0.25, 0.3) is 0 Å². The average molecular weight is 425 g/mol. The Hall–Kier alpha value is -0.590. The summed E-state index contributed by atoms with van der Waals surface area (Å²) in [5.41, 5.74) is 3.27. The molecule has 0 spiro atoms. The fourth-order valence-electron chi connectivity index (χ4n) is 10.8. The van der Waals surface area contributed by atoms with Crippen molar-refractivity contribution in [2.24, 2.45) is 56.7 Å². The van der Waals surface area contributed by atoms with Gasteiger partial charge >= 0.3 is 0 Å². The van der Waals surface area contributed by atoms with Gasteiger partial charge in [-0.3, -0.25) is 4.79 Å². The highest BCUT2D eigenvalue weighted by molar-refractivity contribution is 5.85. The predicted octanol–water partition coefficient (Wildman–Crippen LogP) is 8.23. The standard InChI is InChI=1S/C30H48O/c1-19-11-14-27(5)17-18-29(7)22-9-10-23-26(3,4)24(31)13-15-28(23,6)21(22)12-16-30(29,8)25(27)20(19)2/h9,19-21,23,25H,10-18H2,1-8H3/t19-,20+,21+,23-,25+,27-,28-,29-,30+/m1/s1. The molecule has 1 heteroatoms. The quantitative estimate of drug-likeness (QED) is 0.358. The van der Waals surface area contributed by atoms with Crippen molar-refractivity contribution in [3.8, 4) is 0 Å². The number of ketones is 1. The number of hydrogen-bond acceptors (Lipinski definition) is 1. The van der Waals surface area contributed by atoms with E-state index in [1.165, 1.54) is 38.5 Å². The Balaban J connectivity index is 1.59. The number of carbonyl (C=O) groups is 1. The number of fused-ring (bicyclic) bond motifs is 7. The maximum atomic E-state index is 12.9. The average Bonchev–Trinajstić information content (AvgIpc) is 2.70. The smallest absolute Gasteiger partial charge is 0.138 e. The van der Waals surface area contributed by atoms with Crippen LogP contribution >= 0.6 is 0 Å². The molecule has 5 aliphatic carbocycles. The fraction of sp³-hybridized carbons (Fsp3) is 0.900.